The van der Waals surface area contributed by atoms with E-state index in [1.54, 1.807) is 10.9 Å². The molecule has 2 fully saturated rings. The number of nitrogens with one attached hydrogen (secondary N) is 2. The zero-order valence-electron chi connectivity index (χ0n) is 15.6. The number of piperidine rings is 2. The van der Waals surface area contributed by atoms with Gasteiger partial charge in [0.15, 0.2) is 5.69 Å². The van der Waals surface area contributed by atoms with Crippen LogP contribution >= 0.6 is 0 Å². The maximum absolute atomic E-state index is 12.2. The van der Waals surface area contributed by atoms with E-state index in [2.05, 4.69) is 27.9 Å². The van der Waals surface area contributed by atoms with Crippen LogP contribution in [0.4, 0.5) is 0 Å². The molecule has 1 aromatic heterocycles. The predicted octanol–water partition coefficient (Wildman–Crippen LogP) is 0.656. The van der Waals surface area contributed by atoms with Gasteiger partial charge in [-0.3, -0.25) is 14.3 Å². The van der Waals surface area contributed by atoms with Crippen LogP contribution < -0.4 is 10.6 Å². The van der Waals surface area contributed by atoms with Gasteiger partial charge in [0.1, 0.15) is 0 Å². The maximum atomic E-state index is 12.2. The number of nitrogens with zero attached hydrogens (tertiary/aromatic N) is 4. The number of likely N-dealkylation sites (tertiary alicyclic amines) is 1. The fourth-order valence-corrected chi connectivity index (χ4v) is 3.63. The molecule has 3 heterocycles. The molecule has 0 bridgehead atoms. The van der Waals surface area contributed by atoms with Crippen LogP contribution in [0.2, 0.25) is 0 Å². The molecule has 2 N–H and O–H groups in total. The monoisotopic (exact) mass is 362 g/mol. The second-order valence-corrected chi connectivity index (χ2v) is 7.61. The fourth-order valence-electron chi connectivity index (χ4n) is 3.63. The standard InChI is InChI=1S/C18H30N6O2/c1-14-5-9-23(10-6-14)17(25)4-8-20-18(26)16-13-24(22-21-16)12-15-3-2-7-19-11-15/h13-15,19H,2-12H2,1H3,(H,20,26). The molecule has 0 radical (unpaired) electrons. The van der Waals surface area contributed by atoms with Crippen molar-refractivity contribution in [3.63, 3.8) is 0 Å². The Morgan fingerprint density at radius 2 is 2.12 bits per heavy atom. The van der Waals surface area contributed by atoms with Crippen molar-refractivity contribution in [2.24, 2.45) is 11.8 Å². The third kappa shape index (κ3) is 5.27. The second kappa shape index (κ2) is 9.12. The van der Waals surface area contributed by atoms with Crippen LogP contribution in [-0.2, 0) is 11.3 Å². The summed E-state index contributed by atoms with van der Waals surface area (Å²) < 4.78 is 1.74. The minimum Gasteiger partial charge on any atom is -0.350 e. The van der Waals surface area contributed by atoms with Crippen molar-refractivity contribution in [2.75, 3.05) is 32.7 Å². The first-order valence-corrected chi connectivity index (χ1v) is 9.78. The fraction of sp³-hybridized carbons (Fsp3) is 0.778. The molecule has 0 aromatic carbocycles. The first kappa shape index (κ1) is 18.8. The third-order valence-electron chi connectivity index (χ3n) is 5.38. The topological polar surface area (TPSA) is 92.2 Å². The Kier molecular flexibility index (Phi) is 6.60. The Bertz CT molecular complexity index is 603. The zero-order chi connectivity index (χ0) is 18.4. The lowest BCUT2D eigenvalue weighted by Gasteiger charge is -2.30. The summed E-state index contributed by atoms with van der Waals surface area (Å²) in [6.45, 7) is 7.06. The van der Waals surface area contributed by atoms with Gasteiger partial charge in [-0.15, -0.1) is 5.10 Å². The lowest BCUT2D eigenvalue weighted by atomic mass is 9.99. The highest BCUT2D eigenvalue weighted by molar-refractivity contribution is 5.92. The van der Waals surface area contributed by atoms with Gasteiger partial charge in [-0.25, -0.2) is 0 Å². The molecule has 2 saturated heterocycles. The highest BCUT2D eigenvalue weighted by Gasteiger charge is 2.20. The zero-order valence-corrected chi connectivity index (χ0v) is 15.6. The minimum atomic E-state index is -0.266. The Hall–Kier alpha value is -1.96. The molecule has 3 rings (SSSR count). The Labute approximate surface area is 154 Å². The number of amides is 2. The summed E-state index contributed by atoms with van der Waals surface area (Å²) in [6.07, 6.45) is 6.51. The highest BCUT2D eigenvalue weighted by atomic mass is 16.2. The Morgan fingerprint density at radius 1 is 1.31 bits per heavy atom. The van der Waals surface area contributed by atoms with Crippen LogP contribution in [0.1, 0.15) is 49.5 Å². The summed E-state index contributed by atoms with van der Waals surface area (Å²) in [7, 11) is 0. The smallest absolute Gasteiger partial charge is 0.273 e. The minimum absolute atomic E-state index is 0.116. The van der Waals surface area contributed by atoms with Crippen molar-refractivity contribution in [1.29, 1.82) is 0 Å². The number of carbonyl (C=O) groups excluding carboxylic acids is 2. The molecule has 0 spiro atoms. The summed E-state index contributed by atoms with van der Waals surface area (Å²) >= 11 is 0. The first-order valence-electron chi connectivity index (χ1n) is 9.78. The molecule has 8 nitrogen and oxygen atoms in total. The van der Waals surface area contributed by atoms with Gasteiger partial charge in [-0.05, 0) is 50.6 Å². The average molecular weight is 362 g/mol. The SMILES string of the molecule is CC1CCN(C(=O)CCNC(=O)c2cn(CC3CCCNC3)nn2)CC1. The number of hydrogen-bond acceptors (Lipinski definition) is 5. The molecule has 8 heteroatoms. The van der Waals surface area contributed by atoms with Crippen LogP contribution in [0.5, 0.6) is 0 Å². The summed E-state index contributed by atoms with van der Waals surface area (Å²) in [5, 5.41) is 14.2. The van der Waals surface area contributed by atoms with Gasteiger partial charge in [-0.2, -0.15) is 0 Å². The number of carbonyl (C=O) groups is 2. The quantitative estimate of drug-likeness (QED) is 0.775. The molecule has 2 amide bonds. The van der Waals surface area contributed by atoms with Gasteiger partial charge in [0.05, 0.1) is 6.20 Å². The summed E-state index contributed by atoms with van der Waals surface area (Å²) in [5.41, 5.74) is 0.313. The van der Waals surface area contributed by atoms with Gasteiger partial charge < -0.3 is 15.5 Å². The molecule has 2 aliphatic rings. The number of rotatable bonds is 6. The number of hydrogen-bond donors (Lipinski definition) is 2. The van der Waals surface area contributed by atoms with Crippen molar-refractivity contribution < 1.29 is 9.59 Å². The highest BCUT2D eigenvalue weighted by Crippen LogP contribution is 2.16. The van der Waals surface area contributed by atoms with Gasteiger partial charge in [0.2, 0.25) is 5.91 Å². The number of aromatic nitrogens is 3. The molecular weight excluding hydrogens is 332 g/mol. The van der Waals surface area contributed by atoms with Gasteiger partial charge in [0, 0.05) is 32.6 Å². The molecule has 144 valence electrons. The molecule has 0 aliphatic carbocycles. The van der Waals surface area contributed by atoms with E-state index in [-0.39, 0.29) is 11.8 Å². The molecule has 26 heavy (non-hydrogen) atoms. The average Bonchev–Trinajstić information content (AvgIpc) is 3.11. The van der Waals surface area contributed by atoms with Gasteiger partial charge >= 0.3 is 0 Å². The Morgan fingerprint density at radius 3 is 2.85 bits per heavy atom. The van der Waals surface area contributed by atoms with Gasteiger partial charge in [0.25, 0.3) is 5.91 Å². The molecule has 2 aliphatic heterocycles. The van der Waals surface area contributed by atoms with Crippen molar-refractivity contribution >= 4 is 11.8 Å². The van der Waals surface area contributed by atoms with Gasteiger partial charge in [-0.1, -0.05) is 12.1 Å². The molecule has 0 saturated carbocycles. The lowest BCUT2D eigenvalue weighted by molar-refractivity contribution is -0.132. The van der Waals surface area contributed by atoms with Crippen molar-refractivity contribution in [1.82, 2.24) is 30.5 Å². The predicted molar refractivity (Wildman–Crippen MR) is 97.5 cm³/mol. The first-order chi connectivity index (χ1) is 12.6. The van der Waals surface area contributed by atoms with E-state index < -0.39 is 0 Å². The van der Waals surface area contributed by atoms with Crippen LogP contribution in [-0.4, -0.2) is 64.4 Å². The van der Waals surface area contributed by atoms with E-state index in [9.17, 15) is 9.59 Å². The Balaban J connectivity index is 1.38. The summed E-state index contributed by atoms with van der Waals surface area (Å²) in [4.78, 5) is 26.3. The van der Waals surface area contributed by atoms with Crippen molar-refractivity contribution in [3.8, 4) is 0 Å². The van der Waals surface area contributed by atoms with Crippen LogP contribution in [0, 0.1) is 11.8 Å². The van der Waals surface area contributed by atoms with E-state index in [1.807, 2.05) is 4.90 Å². The normalized spacial score (nSPS) is 21.6. The van der Waals surface area contributed by atoms with Crippen LogP contribution in [0.15, 0.2) is 6.20 Å². The molecule has 1 atom stereocenters. The van der Waals surface area contributed by atoms with E-state index in [4.69, 9.17) is 0 Å². The largest absolute Gasteiger partial charge is 0.350 e. The second-order valence-electron chi connectivity index (χ2n) is 7.61. The van der Waals surface area contributed by atoms with E-state index in [0.717, 1.165) is 45.6 Å². The molecular formula is C18H30N6O2. The van der Waals surface area contributed by atoms with Crippen molar-refractivity contribution in [3.05, 3.63) is 11.9 Å². The summed E-state index contributed by atoms with van der Waals surface area (Å²) in [6, 6.07) is 0. The van der Waals surface area contributed by atoms with E-state index in [1.165, 1.54) is 12.8 Å². The van der Waals surface area contributed by atoms with Crippen molar-refractivity contribution in [2.45, 2.75) is 45.6 Å². The van der Waals surface area contributed by atoms with Crippen LogP contribution in [0.25, 0.3) is 0 Å². The summed E-state index contributed by atoms with van der Waals surface area (Å²) in [5.74, 6) is 1.08. The van der Waals surface area contributed by atoms with Crippen LogP contribution in [0.3, 0.4) is 0 Å². The lowest BCUT2D eigenvalue weighted by Crippen LogP contribution is -2.39. The maximum Gasteiger partial charge on any atom is 0.273 e. The van der Waals surface area contributed by atoms with E-state index >= 15 is 0 Å². The van der Waals surface area contributed by atoms with E-state index in [0.29, 0.717) is 30.5 Å². The molecule has 1 aromatic rings. The third-order valence-corrected chi connectivity index (χ3v) is 5.38. The molecule has 1 unspecified atom stereocenters.